The first-order valence-electron chi connectivity index (χ1n) is 33.5. The minimum Gasteiger partial charge on any atom is -0.508 e. The van der Waals surface area contributed by atoms with E-state index in [0.717, 1.165) is 80.6 Å². The maximum absolute atomic E-state index is 17.1. The van der Waals surface area contributed by atoms with Gasteiger partial charge in [-0.15, -0.1) is 17.8 Å². The predicted octanol–water partition coefficient (Wildman–Crippen LogP) is 8.14. The number of piperidine rings is 3. The van der Waals surface area contributed by atoms with Crippen LogP contribution in [-0.2, 0) is 24.0 Å². The summed E-state index contributed by atoms with van der Waals surface area (Å²) in [6, 6.07) is 10.6. The van der Waals surface area contributed by atoms with Crippen LogP contribution in [-0.4, -0.2) is 187 Å². The summed E-state index contributed by atoms with van der Waals surface area (Å²) in [5.74, 6) is -0.727. The number of aromatic nitrogens is 4. The molecule has 95 heavy (non-hydrogen) atoms. The van der Waals surface area contributed by atoms with Crippen LogP contribution in [0.3, 0.4) is 0 Å². The number of aliphatic hydroxyl groups is 1. The van der Waals surface area contributed by atoms with Crippen molar-refractivity contribution in [2.75, 3.05) is 77.0 Å². The molecule has 1 aliphatic carbocycles. The van der Waals surface area contributed by atoms with Crippen LogP contribution in [0.4, 0.5) is 19.0 Å². The molecule has 3 aromatic carbocycles. The molecule has 3 aromatic heterocycles. The molecule has 1 spiro atoms. The number of rotatable bonds is 17. The fourth-order valence-corrected chi connectivity index (χ4v) is 16.1. The third-order valence-electron chi connectivity index (χ3n) is 21.1. The van der Waals surface area contributed by atoms with Gasteiger partial charge in [0.15, 0.2) is 11.5 Å². The first-order valence-corrected chi connectivity index (χ1v) is 34.4. The third kappa shape index (κ3) is 13.6. The number of β-amino-alcohol motifs (C(OH)–C–C–N with tert-alkyl or cyclic N) is 1. The van der Waals surface area contributed by atoms with Gasteiger partial charge >= 0.3 is 6.01 Å². The van der Waals surface area contributed by atoms with Crippen molar-refractivity contribution < 1.29 is 52.1 Å². The lowest BCUT2D eigenvalue weighted by atomic mass is 9.71. The number of benzene rings is 3. The van der Waals surface area contributed by atoms with Crippen LogP contribution in [0.25, 0.3) is 43.4 Å². The van der Waals surface area contributed by atoms with Crippen molar-refractivity contribution in [3.05, 3.63) is 88.7 Å². The molecule has 6 saturated heterocycles. The van der Waals surface area contributed by atoms with E-state index < -0.39 is 64.7 Å². The van der Waals surface area contributed by atoms with Gasteiger partial charge in [0.25, 0.3) is 5.91 Å². The Bertz CT molecular complexity index is 3970. The van der Waals surface area contributed by atoms with E-state index in [0.29, 0.717) is 74.4 Å². The summed E-state index contributed by atoms with van der Waals surface area (Å²) in [5, 5.41) is 32.1. The Morgan fingerprint density at radius 1 is 0.874 bits per heavy atom. The molecule has 2 bridgehead atoms. The zero-order valence-electron chi connectivity index (χ0n) is 54.3. The Kier molecular flexibility index (Phi) is 18.4. The van der Waals surface area contributed by atoms with E-state index >= 15 is 8.78 Å². The number of aliphatic hydroxyl groups excluding tert-OH is 1. The second-order valence-corrected chi connectivity index (χ2v) is 29.4. The molecule has 4 unspecified atom stereocenters. The van der Waals surface area contributed by atoms with Gasteiger partial charge in [-0.3, -0.25) is 29.0 Å². The number of fused-ring (bicyclic) bond motifs is 4. The minimum absolute atomic E-state index is 0.0140. The van der Waals surface area contributed by atoms with Crippen LogP contribution in [0.5, 0.6) is 11.8 Å². The van der Waals surface area contributed by atoms with E-state index in [2.05, 4.69) is 46.6 Å². The number of alkyl halides is 1. The molecular weight excluding hydrogens is 1240 g/mol. The van der Waals surface area contributed by atoms with E-state index in [4.69, 9.17) is 16.1 Å². The first kappa shape index (κ1) is 65.7. The van der Waals surface area contributed by atoms with E-state index in [9.17, 15) is 38.6 Å². The van der Waals surface area contributed by atoms with Gasteiger partial charge in [0.05, 0.1) is 52.2 Å². The molecule has 0 radical (unpaired) electrons. The summed E-state index contributed by atoms with van der Waals surface area (Å²) in [7, 11) is 0. The highest BCUT2D eigenvalue weighted by molar-refractivity contribution is 7.13. The summed E-state index contributed by atoms with van der Waals surface area (Å²) in [5.41, 5.74) is 1.30. The van der Waals surface area contributed by atoms with Crippen LogP contribution in [0, 0.1) is 47.6 Å². The molecule has 6 aliphatic heterocycles. The van der Waals surface area contributed by atoms with Gasteiger partial charge in [-0.25, -0.2) is 18.2 Å². The molecule has 9 heterocycles. The lowest BCUT2D eigenvalue weighted by Gasteiger charge is -2.47. The van der Waals surface area contributed by atoms with Crippen molar-refractivity contribution in [2.24, 2.45) is 16.7 Å². The molecule has 6 atom stereocenters. The number of phenolic OH excluding ortho intramolecular Hbond substituents is 1. The number of carbonyl (C=O) groups is 5. The molecular formula is C71H83F3N12O8S. The highest BCUT2D eigenvalue weighted by Crippen LogP contribution is 2.45. The minimum atomic E-state index is -2.02. The lowest BCUT2D eigenvalue weighted by molar-refractivity contribution is -0.145. The number of likely N-dealkylation sites (tertiary alicyclic amines) is 4. The topological polar surface area (TPSA) is 239 Å². The standard InChI is InChI=1S/C71H83F3N12O8S/c1-6-50-53(72)15-12-45-32-48(87)33-51(57(45)50)59-58(73)60-52(36-75-59)63(85-37-46-13-14-47(38-85)77-46)81-68(79-60)94-31-7-24-82-25-16-44(17-26-82)65(91)84-29-22-70(23-30-84)20-27-83(28-21-70)56(89)35-54(42-8-10-43(11-9-42)61-41(2)76-40-95-61)78-64(90)55-34-49(88)39-86(55)66(92)62(69(3,4)5)80-67(93)71(74)18-19-71/h1,8-12,15,32-33,36,40,44,46-47,49,54-55,62,77,87-88H,7,13-14,16-31,34-35,37-39H2,2-5H3,(H,78,90)(H,80,93)/t46?,47?,49-,54+,55?,62?/m1/s1. The monoisotopic (exact) mass is 1320 g/mol. The van der Waals surface area contributed by atoms with Crippen molar-refractivity contribution in [2.45, 2.75) is 153 Å². The molecule has 5 amide bonds. The smallest absolute Gasteiger partial charge is 0.319 e. The third-order valence-corrected chi connectivity index (χ3v) is 22.1. The number of thiazole rings is 1. The van der Waals surface area contributed by atoms with Gasteiger partial charge < -0.3 is 55.4 Å². The number of ether oxygens (including phenoxy) is 1. The summed E-state index contributed by atoms with van der Waals surface area (Å²) in [6.07, 6.45) is 13.7. The number of phenols is 1. The number of pyridine rings is 1. The van der Waals surface area contributed by atoms with Crippen molar-refractivity contribution in [3.8, 4) is 45.8 Å². The molecule has 7 fully saturated rings. The van der Waals surface area contributed by atoms with Gasteiger partial charge in [-0.1, -0.05) is 57.0 Å². The van der Waals surface area contributed by atoms with Crippen LogP contribution in [0.15, 0.2) is 60.2 Å². The number of terminal acetylenes is 1. The van der Waals surface area contributed by atoms with Crippen LogP contribution < -0.4 is 25.6 Å². The van der Waals surface area contributed by atoms with Crippen LogP contribution >= 0.6 is 11.3 Å². The van der Waals surface area contributed by atoms with Crippen molar-refractivity contribution in [1.29, 1.82) is 0 Å². The zero-order chi connectivity index (χ0) is 66.7. The summed E-state index contributed by atoms with van der Waals surface area (Å²) >= 11 is 1.52. The van der Waals surface area contributed by atoms with E-state index in [1.807, 2.05) is 41.0 Å². The van der Waals surface area contributed by atoms with Crippen molar-refractivity contribution >= 4 is 68.4 Å². The number of anilines is 1. The summed E-state index contributed by atoms with van der Waals surface area (Å²) < 4.78 is 53.4. The van der Waals surface area contributed by atoms with E-state index in [1.54, 1.807) is 26.3 Å². The van der Waals surface area contributed by atoms with E-state index in [1.165, 1.54) is 46.7 Å². The Balaban J connectivity index is 0.602. The lowest BCUT2D eigenvalue weighted by Crippen LogP contribution is -2.59. The quantitative estimate of drug-likeness (QED) is 0.0428. The highest BCUT2D eigenvalue weighted by Gasteiger charge is 2.54. The second-order valence-electron chi connectivity index (χ2n) is 28.5. The van der Waals surface area contributed by atoms with Crippen molar-refractivity contribution in [1.82, 2.24) is 55.5 Å². The molecule has 502 valence electrons. The normalized spacial score (nSPS) is 22.6. The van der Waals surface area contributed by atoms with Gasteiger partial charge in [-0.2, -0.15) is 9.97 Å². The summed E-state index contributed by atoms with van der Waals surface area (Å²) in [4.78, 5) is 99.4. The Labute approximate surface area is 554 Å². The molecule has 6 aromatic rings. The molecule has 1 saturated carbocycles. The van der Waals surface area contributed by atoms with Crippen LogP contribution in [0.1, 0.15) is 127 Å². The number of nitrogens with one attached hydrogen (secondary N) is 3. The van der Waals surface area contributed by atoms with Crippen LogP contribution in [0.2, 0.25) is 0 Å². The van der Waals surface area contributed by atoms with Gasteiger partial charge in [0.2, 0.25) is 23.6 Å². The fraction of sp³-hybridized carbons (Fsp3) is 0.535. The largest absolute Gasteiger partial charge is 0.508 e. The number of halogens is 3. The van der Waals surface area contributed by atoms with Gasteiger partial charge in [0, 0.05) is 93.9 Å². The number of amides is 5. The molecule has 24 heteroatoms. The maximum atomic E-state index is 17.1. The second kappa shape index (κ2) is 26.6. The molecule has 7 aliphatic rings. The Morgan fingerprint density at radius 3 is 2.22 bits per heavy atom. The van der Waals surface area contributed by atoms with Gasteiger partial charge in [-0.05, 0) is 136 Å². The number of aromatic hydroxyl groups is 1. The predicted molar refractivity (Wildman–Crippen MR) is 354 cm³/mol. The zero-order valence-corrected chi connectivity index (χ0v) is 55.1. The molecule has 5 N–H and O–H groups in total. The number of nitrogens with zero attached hydrogens (tertiary/aromatic N) is 9. The van der Waals surface area contributed by atoms with Gasteiger partial charge in [0.1, 0.15) is 40.7 Å². The average molecular weight is 1320 g/mol. The first-order chi connectivity index (χ1) is 45.5. The maximum Gasteiger partial charge on any atom is 0.319 e. The van der Waals surface area contributed by atoms with E-state index in [-0.39, 0.29) is 114 Å². The Hall–Kier alpha value is -7.98. The van der Waals surface area contributed by atoms with Crippen molar-refractivity contribution in [3.63, 3.8) is 0 Å². The number of carbonyl (C=O) groups excluding carboxylic acids is 5. The number of hydrogen-bond acceptors (Lipinski definition) is 16. The number of hydrogen-bond donors (Lipinski definition) is 5. The number of piperazine rings is 1. The molecule has 20 nitrogen and oxygen atoms in total. The number of aryl methyl sites for hydroxylation is 1. The summed E-state index contributed by atoms with van der Waals surface area (Å²) in [6.45, 7) is 13.2. The highest BCUT2D eigenvalue weighted by atomic mass is 32.1. The molecule has 13 rings (SSSR count). The average Bonchev–Trinajstić information content (AvgIpc) is 1.57. The Morgan fingerprint density at radius 2 is 1.57 bits per heavy atom. The fourth-order valence-electron chi connectivity index (χ4n) is 15.3. The SMILES string of the molecule is C#Cc1c(F)ccc2cc(O)cc(-c3ncc4c(N5CC6CCC(C5)N6)nc(OCCCN5CCC(C(=O)N6CCC7(CCN(C(=O)C[C@H](NC(=O)C8C[C@@H](O)CN8C(=O)C(NC(=O)C8(F)CC8)C(C)(C)C)c8ccc(-c9scnc9C)cc8)CC7)CC6)CC5)nc4c3F)c12.